The van der Waals surface area contributed by atoms with E-state index in [2.05, 4.69) is 303 Å². The average molecular weight is 1570 g/mol. The fraction of sp³-hybridized carbons (Fsp3) is 0.326. The number of nitrogens with zero attached hydrogens (tertiary/aromatic N) is 28. The van der Waals surface area contributed by atoms with Crippen molar-refractivity contribution in [2.24, 2.45) is 0 Å². The zero-order chi connectivity index (χ0) is 87.0. The van der Waals surface area contributed by atoms with Gasteiger partial charge in [-0.05, 0) is 215 Å². The SMILES string of the molecule is Cc1c(N2c3cccnc3N(C)[C@H]2C)cccc1N1c2cccnc2N(C)[C@@H]1C.Cc1c(N2c3nccnc3N(C)[C@H]2C)cccc1N1c2nccnc2N(C)[C@@H]1C.Cc1cc(N2c3cccnc3N(C)[C@H]2C)c(C)c(N2c3cccnc3N(C)[C@@H]2C)c1.[2H]C([2H])([2H])N1c2nccnc2N(c2cccc(N3c4nccnc4N(C([2H])([2H])[2H])[C@H]3C)c2C)[C@H]1C. The Bertz CT molecular complexity index is 5510. The maximum atomic E-state index is 8.05. The quantitative estimate of drug-likeness (QED) is 0.139. The molecule has 28 nitrogen and oxygen atoms in total. The first-order valence-corrected chi connectivity index (χ1v) is 39.6. The third-order valence-corrected chi connectivity index (χ3v) is 24.6. The van der Waals surface area contributed by atoms with Gasteiger partial charge in [-0.2, -0.15) is 0 Å². The molecule has 28 heteroatoms. The van der Waals surface area contributed by atoms with Crippen LogP contribution in [-0.2, 0) is 0 Å². The van der Waals surface area contributed by atoms with E-state index >= 15 is 0 Å². The van der Waals surface area contributed by atoms with E-state index in [0.717, 1.165) is 97.6 Å². The number of rotatable bonds is 8. The van der Waals surface area contributed by atoms with Crippen molar-refractivity contribution in [1.82, 2.24) is 59.8 Å². The lowest BCUT2D eigenvalue weighted by atomic mass is 10.0. The molecule has 0 amide bonds. The Morgan fingerprint density at radius 1 is 0.205 bits per heavy atom. The van der Waals surface area contributed by atoms with Gasteiger partial charge < -0.3 is 78.4 Å². The van der Waals surface area contributed by atoms with E-state index < -0.39 is 26.3 Å². The van der Waals surface area contributed by atoms with Crippen LogP contribution < -0.4 is 78.4 Å². The highest BCUT2D eigenvalue weighted by Crippen LogP contribution is 2.54. The lowest BCUT2D eigenvalue weighted by Gasteiger charge is -2.33. The first-order valence-electron chi connectivity index (χ1n) is 42.6. The molecule has 8 aromatic heterocycles. The standard InChI is InChI=1S/C24H28N6.C23H26N6.2C21H24N8/c1-15-13-21(29-17(3)27(5)23-19(29)9-7-11-25-23)16(2)22(14-15)30-18(4)28(6)24-20(30)10-8-12-26-24;1-15-18(28-16(2)26(4)22-20(28)11-7-13-24-22)9-6-10-19(15)29-17(3)27(5)23-21(29)12-8-14-25-23;2*1-13-16(28-14(2)26(4)18-20(28)24-11-9-22-18)7-6-8-17(13)29-15(3)27(5)19-21(29)25-12-10-23-19/h7-14,17-18H,1-6H3;6-14,16-17H,1-5H3;2*6-12,14-15H,1-5H3/t17-,18+;16-,17+;2*14-,15+/i;;4D3,5D3;. The van der Waals surface area contributed by atoms with E-state index in [4.69, 9.17) is 8.22 Å². The largest absolute Gasteiger partial charge is 0.337 e. The molecule has 598 valence electrons. The van der Waals surface area contributed by atoms with Crippen LogP contribution in [0.5, 0.6) is 0 Å². The van der Waals surface area contributed by atoms with Gasteiger partial charge in [0.25, 0.3) is 0 Å². The maximum absolute atomic E-state index is 8.05. The molecule has 8 aliphatic heterocycles. The van der Waals surface area contributed by atoms with Crippen molar-refractivity contribution in [2.75, 3.05) is 135 Å². The van der Waals surface area contributed by atoms with Crippen molar-refractivity contribution in [1.29, 1.82) is 0 Å². The normalized spacial score (nSPS) is 21.2. The molecule has 12 aromatic rings. The summed E-state index contributed by atoms with van der Waals surface area (Å²) in [5, 5.41) is 0. The zero-order valence-corrected chi connectivity index (χ0v) is 69.5. The summed E-state index contributed by atoms with van der Waals surface area (Å²) in [5.74, 6) is 9.10. The molecule has 16 heterocycles. The molecule has 8 aliphatic rings. The van der Waals surface area contributed by atoms with Gasteiger partial charge in [0.1, 0.15) is 49.3 Å². The molecule has 0 spiro atoms. The molecule has 0 saturated carbocycles. The Kier molecular flexibility index (Phi) is 17.6. The minimum Gasteiger partial charge on any atom is -0.337 e. The summed E-state index contributed by atoms with van der Waals surface area (Å²) in [6.45, 7) is 22.7. The van der Waals surface area contributed by atoms with Crippen LogP contribution >= 0.6 is 0 Å². The minimum absolute atomic E-state index is 0.118. The van der Waals surface area contributed by atoms with Crippen LogP contribution in [0.3, 0.4) is 0 Å². The van der Waals surface area contributed by atoms with Crippen LogP contribution in [0.25, 0.3) is 0 Å². The topological polar surface area (TPSA) is 207 Å². The second kappa shape index (κ2) is 29.8. The highest BCUT2D eigenvalue weighted by atomic mass is 15.5. The number of benzene rings is 4. The molecule has 8 atom stereocenters. The highest BCUT2D eigenvalue weighted by Gasteiger charge is 2.44. The molecular formula is C89H102N28. The van der Waals surface area contributed by atoms with E-state index in [9.17, 15) is 0 Å². The van der Waals surface area contributed by atoms with Gasteiger partial charge in [-0.3, -0.25) is 0 Å². The minimum atomic E-state index is -2.41. The van der Waals surface area contributed by atoms with Crippen molar-refractivity contribution < 1.29 is 8.22 Å². The monoisotopic (exact) mass is 1570 g/mol. The van der Waals surface area contributed by atoms with Crippen LogP contribution in [-0.4, -0.2) is 165 Å². The van der Waals surface area contributed by atoms with Crippen molar-refractivity contribution >= 4 is 138 Å². The van der Waals surface area contributed by atoms with Gasteiger partial charge in [-0.25, -0.2) is 59.8 Å². The van der Waals surface area contributed by atoms with Gasteiger partial charge in [0, 0.05) is 184 Å². The third-order valence-electron chi connectivity index (χ3n) is 24.6. The van der Waals surface area contributed by atoms with Crippen LogP contribution in [0, 0.1) is 34.6 Å². The molecule has 0 radical (unpaired) electrons. The molecule has 0 saturated heterocycles. The Balaban J connectivity index is 0.000000117. The van der Waals surface area contributed by atoms with Gasteiger partial charge in [0.2, 0.25) is 0 Å². The number of aromatic nitrogens is 12. The molecule has 0 bridgehead atoms. The number of aryl methyl sites for hydroxylation is 1. The van der Waals surface area contributed by atoms with Crippen LogP contribution in [0.1, 0.15) is 91.4 Å². The van der Waals surface area contributed by atoms with Crippen molar-refractivity contribution in [2.45, 2.75) is 139 Å². The summed E-state index contributed by atoms with van der Waals surface area (Å²) in [7, 11) is 12.6. The van der Waals surface area contributed by atoms with Crippen molar-refractivity contribution in [3.63, 3.8) is 0 Å². The Labute approximate surface area is 694 Å². The van der Waals surface area contributed by atoms with Gasteiger partial charge in [-0.1, -0.05) is 18.2 Å². The summed E-state index contributed by atoms with van der Waals surface area (Å²) < 4.78 is 48.3. The summed E-state index contributed by atoms with van der Waals surface area (Å²) in [6, 6.07) is 39.8. The fourth-order valence-corrected chi connectivity index (χ4v) is 17.7. The Morgan fingerprint density at radius 2 is 0.385 bits per heavy atom. The molecule has 0 unspecified atom stereocenters. The Morgan fingerprint density at radius 3 is 0.641 bits per heavy atom. The molecule has 0 N–H and O–H groups in total. The van der Waals surface area contributed by atoms with Crippen LogP contribution in [0.4, 0.5) is 138 Å². The molecule has 0 fully saturated rings. The van der Waals surface area contributed by atoms with E-state index in [-0.39, 0.29) is 48.6 Å². The summed E-state index contributed by atoms with van der Waals surface area (Å²) in [5.41, 5.74) is 18.9. The summed E-state index contributed by atoms with van der Waals surface area (Å²) in [6.07, 6.45) is 20.3. The van der Waals surface area contributed by atoms with Crippen molar-refractivity contribution in [3.8, 4) is 0 Å². The number of pyridine rings is 4. The van der Waals surface area contributed by atoms with Crippen LogP contribution in [0.15, 0.2) is 190 Å². The van der Waals surface area contributed by atoms with Gasteiger partial charge in [0.05, 0.1) is 22.7 Å². The van der Waals surface area contributed by atoms with Gasteiger partial charge in [0.15, 0.2) is 69.8 Å². The predicted octanol–water partition coefficient (Wildman–Crippen LogP) is 16.5. The molecule has 0 aliphatic carbocycles. The maximum Gasteiger partial charge on any atom is 0.178 e. The smallest absolute Gasteiger partial charge is 0.178 e. The number of hydrogen-bond acceptors (Lipinski definition) is 28. The number of anilines is 24. The highest BCUT2D eigenvalue weighted by molar-refractivity contribution is 5.92. The Hall–Kier alpha value is -13.4. The number of fused-ring (bicyclic) bond motifs is 8. The summed E-state index contributed by atoms with van der Waals surface area (Å²) in [4.78, 5) is 87.9. The average Bonchev–Trinajstić information content (AvgIpc) is 1.52. The predicted molar refractivity (Wildman–Crippen MR) is 475 cm³/mol. The molecular weight excluding hydrogens is 1460 g/mol. The van der Waals surface area contributed by atoms with Gasteiger partial charge in [-0.15, -0.1) is 0 Å². The lowest BCUT2D eigenvalue weighted by Crippen LogP contribution is -2.37. The van der Waals surface area contributed by atoms with E-state index in [1.165, 1.54) is 79.6 Å². The lowest BCUT2D eigenvalue weighted by molar-refractivity contribution is 0.718. The zero-order valence-electron chi connectivity index (χ0n) is 75.5. The van der Waals surface area contributed by atoms with Crippen molar-refractivity contribution in [3.05, 3.63) is 217 Å². The second-order valence-corrected chi connectivity index (χ2v) is 30.8. The molecule has 4 aromatic carbocycles. The molecule has 117 heavy (non-hydrogen) atoms. The van der Waals surface area contributed by atoms with E-state index in [0.29, 0.717) is 11.6 Å². The van der Waals surface area contributed by atoms with E-state index in [1.807, 2.05) is 84.0 Å². The number of hydrogen-bond donors (Lipinski definition) is 0. The fourth-order valence-electron chi connectivity index (χ4n) is 17.7. The second-order valence-electron chi connectivity index (χ2n) is 30.8. The molecule has 20 rings (SSSR count). The first-order chi connectivity index (χ1) is 58.8. The third kappa shape index (κ3) is 12.1. The van der Waals surface area contributed by atoms with E-state index in [1.54, 1.807) is 38.6 Å². The summed E-state index contributed by atoms with van der Waals surface area (Å²) >= 11 is 0. The van der Waals surface area contributed by atoms with Crippen LogP contribution in [0.2, 0.25) is 0 Å². The first kappa shape index (κ1) is 69.1. The van der Waals surface area contributed by atoms with Gasteiger partial charge >= 0.3 is 0 Å².